The molecule has 0 aliphatic carbocycles. The summed E-state index contributed by atoms with van der Waals surface area (Å²) in [6, 6.07) is 1.72. The summed E-state index contributed by atoms with van der Waals surface area (Å²) >= 11 is 5.91. The van der Waals surface area contributed by atoms with Crippen LogP contribution in [0.2, 0.25) is 5.15 Å². The fourth-order valence-corrected chi connectivity index (χ4v) is 1.64. The average molecular weight is 208 g/mol. The molecule has 1 atom stereocenters. The second kappa shape index (κ2) is 3.44. The van der Waals surface area contributed by atoms with Crippen molar-refractivity contribution in [2.75, 3.05) is 0 Å². The van der Waals surface area contributed by atoms with Crippen molar-refractivity contribution in [3.63, 3.8) is 0 Å². The molecule has 0 radical (unpaired) electrons. The smallest absolute Gasteiger partial charge is 0.153 e. The van der Waals surface area contributed by atoms with Crippen LogP contribution < -0.4 is 5.73 Å². The van der Waals surface area contributed by atoms with Crippen LogP contribution in [0.15, 0.2) is 31.1 Å². The van der Waals surface area contributed by atoms with Crippen LogP contribution in [0.25, 0.3) is 10.9 Å². The zero-order chi connectivity index (χ0) is 10.1. The van der Waals surface area contributed by atoms with Gasteiger partial charge in [-0.15, -0.1) is 6.58 Å². The summed E-state index contributed by atoms with van der Waals surface area (Å²) in [5, 5.41) is 1.46. The lowest BCUT2D eigenvalue weighted by Crippen LogP contribution is -2.07. The fourth-order valence-electron chi connectivity index (χ4n) is 1.43. The molecule has 0 aromatic carbocycles. The van der Waals surface area contributed by atoms with E-state index in [9.17, 15) is 0 Å². The number of halogens is 1. The second-order valence-corrected chi connectivity index (χ2v) is 3.39. The van der Waals surface area contributed by atoms with E-state index >= 15 is 0 Å². The van der Waals surface area contributed by atoms with Gasteiger partial charge in [0.2, 0.25) is 0 Å². The van der Waals surface area contributed by atoms with E-state index in [2.05, 4.69) is 16.5 Å². The highest BCUT2D eigenvalue weighted by Crippen LogP contribution is 2.26. The number of H-pyrrole nitrogens is 1. The number of nitrogens with two attached hydrogens (primary N) is 1. The summed E-state index contributed by atoms with van der Waals surface area (Å²) in [5.41, 5.74) is 7.61. The Morgan fingerprint density at radius 1 is 1.64 bits per heavy atom. The van der Waals surface area contributed by atoms with Crippen molar-refractivity contribution in [3.8, 4) is 0 Å². The van der Waals surface area contributed by atoms with Gasteiger partial charge in [-0.2, -0.15) is 0 Å². The topological polar surface area (TPSA) is 54.7 Å². The molecule has 72 valence electrons. The van der Waals surface area contributed by atoms with Gasteiger partial charge in [0.15, 0.2) is 5.15 Å². The zero-order valence-corrected chi connectivity index (χ0v) is 8.25. The maximum atomic E-state index is 5.91. The highest BCUT2D eigenvalue weighted by molar-refractivity contribution is 6.33. The molecule has 2 heterocycles. The van der Waals surface area contributed by atoms with E-state index in [1.807, 2.05) is 12.3 Å². The van der Waals surface area contributed by atoms with Crippen molar-refractivity contribution >= 4 is 22.5 Å². The molecule has 0 aliphatic rings. The van der Waals surface area contributed by atoms with Crippen molar-refractivity contribution in [1.82, 2.24) is 9.97 Å². The molecular formula is C10H10ClN3. The van der Waals surface area contributed by atoms with Crippen molar-refractivity contribution in [2.45, 2.75) is 6.04 Å². The van der Waals surface area contributed by atoms with Crippen LogP contribution in [0.1, 0.15) is 11.6 Å². The predicted octanol–water partition coefficient (Wildman–Crippen LogP) is 2.40. The summed E-state index contributed by atoms with van der Waals surface area (Å²) in [7, 11) is 0. The first-order valence-corrected chi connectivity index (χ1v) is 4.61. The molecule has 0 aliphatic heterocycles. The molecule has 3 N–H and O–H groups in total. The van der Waals surface area contributed by atoms with Gasteiger partial charge in [-0.1, -0.05) is 17.7 Å². The van der Waals surface area contributed by atoms with E-state index in [4.69, 9.17) is 17.3 Å². The van der Waals surface area contributed by atoms with Gasteiger partial charge < -0.3 is 10.7 Å². The largest absolute Gasteiger partial charge is 0.359 e. The van der Waals surface area contributed by atoms with Crippen LogP contribution in [0.4, 0.5) is 0 Å². The van der Waals surface area contributed by atoms with Crippen LogP contribution in [0.3, 0.4) is 0 Å². The maximum Gasteiger partial charge on any atom is 0.153 e. The first kappa shape index (κ1) is 9.24. The Morgan fingerprint density at radius 2 is 2.43 bits per heavy atom. The van der Waals surface area contributed by atoms with Gasteiger partial charge in [-0.05, 0) is 6.07 Å². The number of hydrogen-bond acceptors (Lipinski definition) is 2. The van der Waals surface area contributed by atoms with Gasteiger partial charge in [0.1, 0.15) is 0 Å². The second-order valence-electron chi connectivity index (χ2n) is 3.03. The Morgan fingerprint density at radius 3 is 3.14 bits per heavy atom. The molecule has 14 heavy (non-hydrogen) atoms. The molecule has 0 unspecified atom stereocenters. The SMILES string of the molecule is C=C[C@@H](N)c1cnc(Cl)c2[nH]ccc12. The molecule has 0 fully saturated rings. The molecule has 2 aromatic heterocycles. The number of hydrogen-bond donors (Lipinski definition) is 2. The Kier molecular flexibility index (Phi) is 2.27. The highest BCUT2D eigenvalue weighted by Gasteiger charge is 2.10. The van der Waals surface area contributed by atoms with Crippen molar-refractivity contribution in [1.29, 1.82) is 0 Å². The first-order chi connectivity index (χ1) is 6.74. The zero-order valence-electron chi connectivity index (χ0n) is 7.50. The monoisotopic (exact) mass is 207 g/mol. The minimum atomic E-state index is -0.210. The van der Waals surface area contributed by atoms with Gasteiger partial charge in [-0.3, -0.25) is 0 Å². The summed E-state index contributed by atoms with van der Waals surface area (Å²) in [4.78, 5) is 7.08. The molecule has 0 saturated heterocycles. The number of aromatic amines is 1. The molecule has 2 rings (SSSR count). The standard InChI is InChI=1S/C10H10ClN3/c1-2-8(12)7-5-14-10(11)9-6(7)3-4-13-9/h2-5,8,13H,1,12H2/t8-/m1/s1. The van der Waals surface area contributed by atoms with E-state index in [1.54, 1.807) is 12.3 Å². The molecule has 2 aromatic rings. The van der Waals surface area contributed by atoms with Crippen LogP contribution in [0.5, 0.6) is 0 Å². The van der Waals surface area contributed by atoms with Gasteiger partial charge in [0, 0.05) is 23.3 Å². The minimum Gasteiger partial charge on any atom is -0.359 e. The van der Waals surface area contributed by atoms with E-state index in [0.29, 0.717) is 5.15 Å². The van der Waals surface area contributed by atoms with Gasteiger partial charge in [0.25, 0.3) is 0 Å². The number of fused-ring (bicyclic) bond motifs is 1. The Hall–Kier alpha value is -1.32. The Labute approximate surface area is 86.6 Å². The number of aromatic nitrogens is 2. The number of nitrogens with one attached hydrogen (secondary N) is 1. The van der Waals surface area contributed by atoms with E-state index in [-0.39, 0.29) is 6.04 Å². The number of rotatable bonds is 2. The maximum absolute atomic E-state index is 5.91. The molecule has 0 saturated carbocycles. The third-order valence-corrected chi connectivity index (χ3v) is 2.48. The first-order valence-electron chi connectivity index (χ1n) is 4.23. The van der Waals surface area contributed by atoms with Gasteiger partial charge in [-0.25, -0.2) is 4.98 Å². The molecule has 0 amide bonds. The van der Waals surface area contributed by atoms with E-state index < -0.39 is 0 Å². The van der Waals surface area contributed by atoms with Gasteiger partial charge >= 0.3 is 0 Å². The molecule has 0 spiro atoms. The van der Waals surface area contributed by atoms with Crippen LogP contribution in [-0.2, 0) is 0 Å². The van der Waals surface area contributed by atoms with Crippen molar-refractivity contribution < 1.29 is 0 Å². The lowest BCUT2D eigenvalue weighted by molar-refractivity contribution is 0.916. The fraction of sp³-hybridized carbons (Fsp3) is 0.100. The quantitative estimate of drug-likeness (QED) is 0.587. The lowest BCUT2D eigenvalue weighted by atomic mass is 10.1. The summed E-state index contributed by atoms with van der Waals surface area (Å²) in [5.74, 6) is 0. The third-order valence-electron chi connectivity index (χ3n) is 2.19. The summed E-state index contributed by atoms with van der Waals surface area (Å²) < 4.78 is 0. The van der Waals surface area contributed by atoms with Crippen LogP contribution in [0, 0.1) is 0 Å². The predicted molar refractivity (Wildman–Crippen MR) is 58.2 cm³/mol. The van der Waals surface area contributed by atoms with Crippen molar-refractivity contribution in [2.24, 2.45) is 5.73 Å². The molecule has 3 nitrogen and oxygen atoms in total. The highest BCUT2D eigenvalue weighted by atomic mass is 35.5. The minimum absolute atomic E-state index is 0.210. The van der Waals surface area contributed by atoms with Crippen LogP contribution in [-0.4, -0.2) is 9.97 Å². The van der Waals surface area contributed by atoms with E-state index in [0.717, 1.165) is 16.5 Å². The Balaban J connectivity index is 2.72. The van der Waals surface area contributed by atoms with Crippen molar-refractivity contribution in [3.05, 3.63) is 41.8 Å². The Bertz CT molecular complexity index is 475. The average Bonchev–Trinajstić information content (AvgIpc) is 2.67. The molecule has 0 bridgehead atoms. The normalized spacial score (nSPS) is 13.0. The van der Waals surface area contributed by atoms with E-state index in [1.165, 1.54) is 0 Å². The lowest BCUT2D eigenvalue weighted by Gasteiger charge is -2.07. The number of pyridine rings is 1. The molecular weight excluding hydrogens is 198 g/mol. The summed E-state index contributed by atoms with van der Waals surface area (Å²) in [6.45, 7) is 3.65. The number of nitrogens with zero attached hydrogens (tertiary/aromatic N) is 1. The third kappa shape index (κ3) is 1.31. The van der Waals surface area contributed by atoms with Gasteiger partial charge in [0.05, 0.1) is 11.6 Å². The summed E-state index contributed by atoms with van der Waals surface area (Å²) in [6.07, 6.45) is 5.18. The molecule has 4 heteroatoms. The van der Waals surface area contributed by atoms with Crippen LogP contribution >= 0.6 is 11.6 Å².